The molecule has 0 saturated carbocycles. The summed E-state index contributed by atoms with van der Waals surface area (Å²) in [5.41, 5.74) is 3.16. The molecule has 0 atom stereocenters. The molecular weight excluding hydrogens is 388 g/mol. The molecule has 0 fully saturated rings. The Morgan fingerprint density at radius 2 is 1.96 bits per heavy atom. The normalized spacial score (nSPS) is 10.5. The highest BCUT2D eigenvalue weighted by atomic mass is 79.9. The lowest BCUT2D eigenvalue weighted by Crippen LogP contribution is -2.10. The van der Waals surface area contributed by atoms with Gasteiger partial charge in [0, 0.05) is 15.6 Å². The van der Waals surface area contributed by atoms with Gasteiger partial charge in [-0.2, -0.15) is 5.10 Å². The third kappa shape index (κ3) is 4.00. The molecule has 6 nitrogen and oxygen atoms in total. The van der Waals surface area contributed by atoms with Crippen LogP contribution >= 0.6 is 15.9 Å². The van der Waals surface area contributed by atoms with Gasteiger partial charge in [0.05, 0.1) is 18.5 Å². The number of ether oxygens (including phenoxy) is 2. The van der Waals surface area contributed by atoms with Crippen molar-refractivity contribution in [3.63, 3.8) is 0 Å². The van der Waals surface area contributed by atoms with Crippen LogP contribution in [0.2, 0.25) is 0 Å². The molecule has 2 N–H and O–H groups in total. The molecule has 0 aliphatic carbocycles. The Kier molecular flexibility index (Phi) is 5.04. The molecule has 3 aromatic rings. The summed E-state index contributed by atoms with van der Waals surface area (Å²) >= 11 is 3.42. The SMILES string of the molecule is COc1ccc(-c2cc(-c3cc(Br)ccc3OCC(=O)O)[nH]n2)cc1. The van der Waals surface area contributed by atoms with Crippen LogP contribution in [0, 0.1) is 0 Å². The Bertz CT molecular complexity index is 890. The Morgan fingerprint density at radius 1 is 1.20 bits per heavy atom. The Hall–Kier alpha value is -2.80. The van der Waals surface area contributed by atoms with E-state index in [2.05, 4.69) is 26.1 Å². The second-order valence-corrected chi connectivity index (χ2v) is 6.13. The molecule has 1 heterocycles. The first-order valence-electron chi connectivity index (χ1n) is 7.41. The third-order valence-corrected chi connectivity index (χ3v) is 4.04. The van der Waals surface area contributed by atoms with Gasteiger partial charge in [-0.15, -0.1) is 0 Å². The van der Waals surface area contributed by atoms with Crippen LogP contribution in [0.15, 0.2) is 53.0 Å². The third-order valence-electron chi connectivity index (χ3n) is 3.55. The lowest BCUT2D eigenvalue weighted by molar-refractivity contribution is -0.139. The Labute approximate surface area is 152 Å². The van der Waals surface area contributed by atoms with E-state index in [0.29, 0.717) is 5.75 Å². The number of hydrogen-bond acceptors (Lipinski definition) is 4. The molecule has 0 amide bonds. The maximum Gasteiger partial charge on any atom is 0.341 e. The van der Waals surface area contributed by atoms with Crippen molar-refractivity contribution in [3.05, 3.63) is 53.0 Å². The molecule has 0 unspecified atom stereocenters. The number of aromatic nitrogens is 2. The highest BCUT2D eigenvalue weighted by Crippen LogP contribution is 2.33. The standard InChI is InChI=1S/C18H15BrN2O4/c1-24-13-5-2-11(3-6-13)15-9-16(21-20-15)14-8-12(19)4-7-17(14)25-10-18(22)23/h2-9H,10H2,1H3,(H,20,21)(H,22,23). The van der Waals surface area contributed by atoms with E-state index in [1.165, 1.54) is 0 Å². The molecule has 3 rings (SSSR count). The van der Waals surface area contributed by atoms with Gasteiger partial charge in [0.15, 0.2) is 6.61 Å². The van der Waals surface area contributed by atoms with Crippen LogP contribution in [-0.4, -0.2) is 35.0 Å². The minimum absolute atomic E-state index is 0.409. The molecule has 0 spiro atoms. The van der Waals surface area contributed by atoms with Crippen molar-refractivity contribution < 1.29 is 19.4 Å². The van der Waals surface area contributed by atoms with Crippen LogP contribution < -0.4 is 9.47 Å². The number of aliphatic carboxylic acids is 1. The number of carbonyl (C=O) groups is 1. The topological polar surface area (TPSA) is 84.4 Å². The van der Waals surface area contributed by atoms with Crippen molar-refractivity contribution in [2.75, 3.05) is 13.7 Å². The van der Waals surface area contributed by atoms with Gasteiger partial charge in [-0.25, -0.2) is 4.79 Å². The fraction of sp³-hybridized carbons (Fsp3) is 0.111. The summed E-state index contributed by atoms with van der Waals surface area (Å²) in [7, 11) is 1.62. The molecule has 2 aromatic carbocycles. The van der Waals surface area contributed by atoms with E-state index in [1.807, 2.05) is 36.4 Å². The minimum Gasteiger partial charge on any atom is -0.497 e. The summed E-state index contributed by atoms with van der Waals surface area (Å²) in [6, 6.07) is 14.8. The molecule has 0 saturated heterocycles. The molecule has 0 aliphatic heterocycles. The summed E-state index contributed by atoms with van der Waals surface area (Å²) in [4.78, 5) is 10.8. The Balaban J connectivity index is 1.93. The smallest absolute Gasteiger partial charge is 0.341 e. The number of halogens is 1. The minimum atomic E-state index is -1.03. The van der Waals surface area contributed by atoms with Crippen LogP contribution in [-0.2, 0) is 4.79 Å². The van der Waals surface area contributed by atoms with Crippen LogP contribution in [0.4, 0.5) is 0 Å². The van der Waals surface area contributed by atoms with E-state index in [9.17, 15) is 4.79 Å². The largest absolute Gasteiger partial charge is 0.497 e. The molecule has 7 heteroatoms. The van der Waals surface area contributed by atoms with Crippen molar-refractivity contribution in [3.8, 4) is 34.0 Å². The van der Waals surface area contributed by atoms with Crippen molar-refractivity contribution >= 4 is 21.9 Å². The number of aromatic amines is 1. The molecule has 25 heavy (non-hydrogen) atoms. The maximum atomic E-state index is 10.8. The number of nitrogens with zero attached hydrogens (tertiary/aromatic N) is 1. The van der Waals surface area contributed by atoms with E-state index < -0.39 is 12.6 Å². The van der Waals surface area contributed by atoms with Gasteiger partial charge in [0.1, 0.15) is 11.5 Å². The average Bonchev–Trinajstić information content (AvgIpc) is 3.10. The molecule has 1 aromatic heterocycles. The maximum absolute atomic E-state index is 10.8. The highest BCUT2D eigenvalue weighted by Gasteiger charge is 2.13. The van der Waals surface area contributed by atoms with Gasteiger partial charge in [-0.1, -0.05) is 15.9 Å². The number of methoxy groups -OCH3 is 1. The zero-order valence-corrected chi connectivity index (χ0v) is 14.9. The Morgan fingerprint density at radius 3 is 2.64 bits per heavy atom. The summed E-state index contributed by atoms with van der Waals surface area (Å²) in [5.74, 6) is 0.212. The van der Waals surface area contributed by atoms with Crippen molar-refractivity contribution in [1.82, 2.24) is 10.2 Å². The van der Waals surface area contributed by atoms with E-state index in [-0.39, 0.29) is 0 Å². The highest BCUT2D eigenvalue weighted by molar-refractivity contribution is 9.10. The lowest BCUT2D eigenvalue weighted by atomic mass is 10.1. The van der Waals surface area contributed by atoms with E-state index in [4.69, 9.17) is 14.6 Å². The fourth-order valence-corrected chi connectivity index (χ4v) is 2.71. The molecule has 0 bridgehead atoms. The number of H-pyrrole nitrogens is 1. The zero-order chi connectivity index (χ0) is 17.8. The molecular formula is C18H15BrN2O4. The average molecular weight is 403 g/mol. The van der Waals surface area contributed by atoms with E-state index >= 15 is 0 Å². The monoisotopic (exact) mass is 402 g/mol. The number of rotatable bonds is 6. The van der Waals surface area contributed by atoms with Gasteiger partial charge in [-0.05, 0) is 48.5 Å². The van der Waals surface area contributed by atoms with Crippen molar-refractivity contribution in [1.29, 1.82) is 0 Å². The first kappa shape index (κ1) is 17.0. The van der Waals surface area contributed by atoms with E-state index in [0.717, 1.165) is 32.7 Å². The first-order chi connectivity index (χ1) is 12.1. The molecule has 128 valence electrons. The quantitative estimate of drug-likeness (QED) is 0.651. The fourth-order valence-electron chi connectivity index (χ4n) is 2.35. The summed E-state index contributed by atoms with van der Waals surface area (Å²) < 4.78 is 11.4. The number of carboxylic acids is 1. The van der Waals surface area contributed by atoms with Crippen LogP contribution in [0.3, 0.4) is 0 Å². The van der Waals surface area contributed by atoms with Crippen LogP contribution in [0.25, 0.3) is 22.5 Å². The summed E-state index contributed by atoms with van der Waals surface area (Å²) in [6.07, 6.45) is 0. The number of nitrogens with one attached hydrogen (secondary N) is 1. The second kappa shape index (κ2) is 7.40. The number of benzene rings is 2. The number of hydrogen-bond donors (Lipinski definition) is 2. The molecule has 0 radical (unpaired) electrons. The first-order valence-corrected chi connectivity index (χ1v) is 8.20. The second-order valence-electron chi connectivity index (χ2n) is 5.22. The van der Waals surface area contributed by atoms with E-state index in [1.54, 1.807) is 19.2 Å². The van der Waals surface area contributed by atoms with Gasteiger partial charge < -0.3 is 14.6 Å². The van der Waals surface area contributed by atoms with Crippen molar-refractivity contribution in [2.24, 2.45) is 0 Å². The van der Waals surface area contributed by atoms with Gasteiger partial charge in [-0.3, -0.25) is 5.10 Å². The summed E-state index contributed by atoms with van der Waals surface area (Å²) in [6.45, 7) is -0.409. The van der Waals surface area contributed by atoms with Gasteiger partial charge in [0.25, 0.3) is 0 Å². The van der Waals surface area contributed by atoms with Crippen molar-refractivity contribution in [2.45, 2.75) is 0 Å². The number of carboxylic acid groups (broad SMARTS) is 1. The predicted molar refractivity (Wildman–Crippen MR) is 96.8 cm³/mol. The zero-order valence-electron chi connectivity index (χ0n) is 13.3. The van der Waals surface area contributed by atoms with Gasteiger partial charge in [0.2, 0.25) is 0 Å². The van der Waals surface area contributed by atoms with Gasteiger partial charge >= 0.3 is 5.97 Å². The van der Waals surface area contributed by atoms with Crippen LogP contribution in [0.5, 0.6) is 11.5 Å². The molecule has 0 aliphatic rings. The lowest BCUT2D eigenvalue weighted by Gasteiger charge is -2.09. The van der Waals surface area contributed by atoms with Crippen LogP contribution in [0.1, 0.15) is 0 Å². The predicted octanol–water partition coefficient (Wildman–Crippen LogP) is 3.98. The summed E-state index contributed by atoms with van der Waals surface area (Å²) in [5, 5.41) is 16.1.